The van der Waals surface area contributed by atoms with Crippen LogP contribution in [0.15, 0.2) is 40.2 Å². The Kier molecular flexibility index (Phi) is 7.89. The summed E-state index contributed by atoms with van der Waals surface area (Å²) in [4.78, 5) is 15.7. The molecule has 2 bridgehead atoms. The van der Waals surface area contributed by atoms with E-state index in [1.165, 1.54) is 12.1 Å². The molecule has 0 saturated carbocycles. The molecule has 0 saturated heterocycles. The van der Waals surface area contributed by atoms with Crippen LogP contribution in [0.25, 0.3) is 5.43 Å². The van der Waals surface area contributed by atoms with Crippen molar-refractivity contribution in [1.82, 2.24) is 10.4 Å². The van der Waals surface area contributed by atoms with Gasteiger partial charge in [0.1, 0.15) is 5.69 Å². The number of hydrogen-bond acceptors (Lipinski definition) is 5. The summed E-state index contributed by atoms with van der Waals surface area (Å²) in [5.41, 5.74) is 7.31. The number of rotatable bonds is 0. The summed E-state index contributed by atoms with van der Waals surface area (Å²) < 4.78 is 0. The van der Waals surface area contributed by atoms with E-state index in [2.05, 4.69) is 26.0 Å². The van der Waals surface area contributed by atoms with Crippen molar-refractivity contribution in [2.75, 3.05) is 0 Å². The summed E-state index contributed by atoms with van der Waals surface area (Å²) in [7, 11) is 9.47. The zero-order valence-electron chi connectivity index (χ0n) is 11.5. The number of nitrogens with zero attached hydrogens (tertiary/aromatic N) is 4. The maximum atomic E-state index is 11.8. The number of hydrazone groups is 1. The summed E-state index contributed by atoms with van der Waals surface area (Å²) in [6.07, 6.45) is 1.60. The number of carbonyl (C=O) groups is 1. The zero-order valence-corrected chi connectivity index (χ0v) is 14.1. The van der Waals surface area contributed by atoms with Gasteiger partial charge in [0.2, 0.25) is 0 Å². The summed E-state index contributed by atoms with van der Waals surface area (Å²) in [6.45, 7) is 3.37. The number of fused-ring (bicyclic) bond motifs is 2. The fourth-order valence-corrected chi connectivity index (χ4v) is 1.42. The molecule has 1 aliphatic heterocycles. The number of pyridine rings is 1. The summed E-state index contributed by atoms with van der Waals surface area (Å²) in [6, 6.07) is 4.51. The fraction of sp³-hybridized carbons (Fsp3) is 0.167. The first-order valence-corrected chi connectivity index (χ1v) is 8.64. The Bertz CT molecular complexity index is 634. The Morgan fingerprint density at radius 1 is 1.27 bits per heavy atom. The van der Waals surface area contributed by atoms with Gasteiger partial charge < -0.3 is 15.6 Å². The van der Waals surface area contributed by atoms with Crippen molar-refractivity contribution in [3.63, 3.8) is 0 Å². The van der Waals surface area contributed by atoms with Crippen molar-refractivity contribution >= 4 is 37.8 Å². The SMILES string of the molecule is CC1=CC(C)=NNC(=O)c2cccc(n2)C([O-])=N[N-]1.[Cl][Co+][Cl]. The summed E-state index contributed by atoms with van der Waals surface area (Å²) in [5, 5.41) is 19.1. The standard InChI is InChI=1S/C12H13N5O2.2ClH.Co/c1-7-6-8(2)15-17-12(19)10-5-3-4-9(13-10)11(18)16-14-7;;;/h3-6H,1-2H3,(H3,13,14,15,16,17,18,19);2*1H;/q;;;+3/p-4. The van der Waals surface area contributed by atoms with E-state index in [-0.39, 0.29) is 11.4 Å². The first kappa shape index (κ1) is 18.4. The second-order valence-corrected chi connectivity index (χ2v) is 5.66. The molecule has 10 heteroatoms. The molecule has 22 heavy (non-hydrogen) atoms. The first-order chi connectivity index (χ1) is 10.5. The summed E-state index contributed by atoms with van der Waals surface area (Å²) >= 11 is 0.382. The van der Waals surface area contributed by atoms with E-state index in [1.54, 1.807) is 26.0 Å². The molecule has 0 atom stereocenters. The Morgan fingerprint density at radius 2 is 1.91 bits per heavy atom. The van der Waals surface area contributed by atoms with Crippen LogP contribution in [0.3, 0.4) is 0 Å². The Morgan fingerprint density at radius 3 is 2.59 bits per heavy atom. The van der Waals surface area contributed by atoms with Gasteiger partial charge in [0, 0.05) is 0 Å². The third-order valence-corrected chi connectivity index (χ3v) is 2.25. The molecule has 1 aromatic rings. The van der Waals surface area contributed by atoms with Crippen LogP contribution < -0.4 is 10.5 Å². The van der Waals surface area contributed by atoms with Gasteiger partial charge in [-0.1, -0.05) is 19.1 Å². The molecule has 1 aliphatic rings. The second-order valence-electron chi connectivity index (χ2n) is 3.94. The van der Waals surface area contributed by atoms with Crippen molar-refractivity contribution < 1.29 is 22.8 Å². The minimum absolute atomic E-state index is 0.0606. The van der Waals surface area contributed by atoms with E-state index in [0.717, 1.165) is 0 Å². The monoisotopic (exact) mass is 386 g/mol. The van der Waals surface area contributed by atoms with Crippen molar-refractivity contribution in [1.29, 1.82) is 0 Å². The van der Waals surface area contributed by atoms with Crippen molar-refractivity contribution in [3.05, 3.63) is 46.8 Å². The number of halogens is 2. The van der Waals surface area contributed by atoms with Crippen LogP contribution in [0.5, 0.6) is 0 Å². The Balaban J connectivity index is 0.000000745. The van der Waals surface area contributed by atoms with Crippen LogP contribution in [0.1, 0.15) is 30.0 Å². The number of allylic oxidation sites excluding steroid dienone is 2. The molecule has 0 radical (unpaired) electrons. The van der Waals surface area contributed by atoms with Gasteiger partial charge in [-0.2, -0.15) is 5.10 Å². The molecule has 0 spiro atoms. The summed E-state index contributed by atoms with van der Waals surface area (Å²) in [5.74, 6) is -1.09. The third kappa shape index (κ3) is 6.02. The molecule has 2 heterocycles. The maximum absolute atomic E-state index is 11.8. The van der Waals surface area contributed by atoms with Gasteiger partial charge in [0.25, 0.3) is 5.91 Å². The van der Waals surface area contributed by atoms with Crippen LogP contribution in [0, 0.1) is 0 Å². The molecule has 0 aliphatic carbocycles. The minimum atomic E-state index is -0.599. The molecule has 0 unspecified atom stereocenters. The molecule has 120 valence electrons. The van der Waals surface area contributed by atoms with Crippen LogP contribution >= 0.6 is 20.3 Å². The van der Waals surface area contributed by atoms with Crippen LogP contribution in [-0.2, 0) is 12.9 Å². The third-order valence-electron chi connectivity index (χ3n) is 2.25. The van der Waals surface area contributed by atoms with Crippen molar-refractivity contribution in [2.24, 2.45) is 10.2 Å². The molecular weight excluding hydrogens is 376 g/mol. The quantitative estimate of drug-likeness (QED) is 0.735. The predicted molar refractivity (Wildman–Crippen MR) is 80.2 cm³/mol. The average molecular weight is 387 g/mol. The number of amides is 1. The fourth-order valence-electron chi connectivity index (χ4n) is 1.42. The first-order valence-electron chi connectivity index (χ1n) is 5.77. The van der Waals surface area contributed by atoms with Gasteiger partial charge in [-0.25, -0.2) is 10.4 Å². The molecule has 0 fully saturated rings. The number of hydrogen-bond donors (Lipinski definition) is 1. The van der Waals surface area contributed by atoms with Gasteiger partial charge in [-0.05, 0) is 25.0 Å². The number of nitrogens with one attached hydrogen (secondary N) is 1. The Labute approximate surface area is 142 Å². The van der Waals surface area contributed by atoms with Crippen molar-refractivity contribution in [2.45, 2.75) is 13.8 Å². The van der Waals surface area contributed by atoms with E-state index < -0.39 is 11.8 Å². The van der Waals surface area contributed by atoms with Gasteiger partial charge in [0.05, 0.1) is 11.4 Å². The zero-order chi connectivity index (χ0) is 16.5. The van der Waals surface area contributed by atoms with Crippen LogP contribution in [0.2, 0.25) is 0 Å². The molecule has 7 nitrogen and oxygen atoms in total. The number of aromatic nitrogens is 1. The molecule has 2 rings (SSSR count). The topological polar surface area (TPSA) is 104 Å². The molecule has 1 aromatic heterocycles. The second kappa shape index (κ2) is 9.41. The van der Waals surface area contributed by atoms with Gasteiger partial charge in [0.15, 0.2) is 0 Å². The van der Waals surface area contributed by atoms with Gasteiger partial charge in [-0.15, -0.1) is 5.70 Å². The van der Waals surface area contributed by atoms with Gasteiger partial charge in [-0.3, -0.25) is 4.79 Å². The molecule has 1 N–H and O–H groups in total. The number of carbonyl (C=O) groups excluding carboxylic acids is 1. The molecule has 0 aromatic carbocycles. The van der Waals surface area contributed by atoms with Crippen LogP contribution in [0.4, 0.5) is 0 Å². The van der Waals surface area contributed by atoms with E-state index >= 15 is 0 Å². The average Bonchev–Trinajstić information content (AvgIpc) is 2.50. The molecular formula is C12H11Cl2CoN5O2-. The molecule has 1 amide bonds. The van der Waals surface area contributed by atoms with Crippen LogP contribution in [-0.4, -0.2) is 22.5 Å². The van der Waals surface area contributed by atoms with Crippen molar-refractivity contribution in [3.8, 4) is 0 Å². The van der Waals surface area contributed by atoms with E-state index in [0.29, 0.717) is 24.3 Å². The normalized spacial score (nSPS) is 14.7. The van der Waals surface area contributed by atoms with E-state index in [4.69, 9.17) is 20.3 Å². The van der Waals surface area contributed by atoms with Gasteiger partial charge >= 0.3 is 33.2 Å². The van der Waals surface area contributed by atoms with E-state index in [1.807, 2.05) is 0 Å². The predicted octanol–water partition coefficient (Wildman–Crippen LogP) is 1.88. The Hall–Kier alpha value is -1.61. The van der Waals surface area contributed by atoms with E-state index in [9.17, 15) is 9.90 Å².